The predicted molar refractivity (Wildman–Crippen MR) is 109 cm³/mol. The lowest BCUT2D eigenvalue weighted by molar-refractivity contribution is 0.0686. The molecule has 3 aromatic rings. The Bertz CT molecular complexity index is 871. The molecule has 0 saturated heterocycles. The normalized spacial score (nSPS) is 10.9. The fourth-order valence-corrected chi connectivity index (χ4v) is 3.38. The maximum atomic E-state index is 13.0. The number of amides is 1. The van der Waals surface area contributed by atoms with E-state index in [-0.39, 0.29) is 11.9 Å². The fourth-order valence-electron chi connectivity index (χ4n) is 2.98. The van der Waals surface area contributed by atoms with Gasteiger partial charge in [-0.25, -0.2) is 0 Å². The molecule has 0 aliphatic heterocycles. The van der Waals surface area contributed by atoms with E-state index in [1.807, 2.05) is 41.3 Å². The maximum Gasteiger partial charge on any atom is 0.254 e. The van der Waals surface area contributed by atoms with Gasteiger partial charge in [-0.15, -0.1) is 0 Å². The Morgan fingerprint density at radius 2 is 1.81 bits per heavy atom. The minimum atomic E-state index is 0.0498. The topological polar surface area (TPSA) is 25.2 Å². The largest absolute Gasteiger partial charge is 0.345 e. The molecule has 2 aromatic carbocycles. The van der Waals surface area contributed by atoms with Crippen LogP contribution in [0.15, 0.2) is 77.4 Å². The molecule has 3 rings (SSSR count). The van der Waals surface area contributed by atoms with Crippen molar-refractivity contribution < 1.29 is 4.79 Å². The van der Waals surface area contributed by atoms with Gasteiger partial charge in [-0.2, -0.15) is 0 Å². The number of hydrogen-bond donors (Lipinski definition) is 0. The smallest absolute Gasteiger partial charge is 0.254 e. The van der Waals surface area contributed by atoms with Crippen LogP contribution in [0, 0.1) is 0 Å². The summed E-state index contributed by atoms with van der Waals surface area (Å²) in [6, 6.07) is 22.2. The first-order chi connectivity index (χ1) is 12.5. The Morgan fingerprint density at radius 3 is 2.50 bits per heavy atom. The lowest BCUT2D eigenvalue weighted by Crippen LogP contribution is -2.37. The van der Waals surface area contributed by atoms with Crippen molar-refractivity contribution in [3.63, 3.8) is 0 Å². The van der Waals surface area contributed by atoms with E-state index in [0.29, 0.717) is 12.1 Å². The van der Waals surface area contributed by atoms with E-state index in [1.165, 1.54) is 5.56 Å². The molecule has 1 aromatic heterocycles. The molecule has 0 atom stereocenters. The van der Waals surface area contributed by atoms with Crippen molar-refractivity contribution >= 4 is 21.8 Å². The van der Waals surface area contributed by atoms with Gasteiger partial charge in [0.15, 0.2) is 0 Å². The van der Waals surface area contributed by atoms with E-state index in [4.69, 9.17) is 0 Å². The average molecular weight is 411 g/mol. The van der Waals surface area contributed by atoms with Crippen molar-refractivity contribution in [3.05, 3.63) is 94.2 Å². The van der Waals surface area contributed by atoms with Gasteiger partial charge in [0.25, 0.3) is 5.91 Å². The quantitative estimate of drug-likeness (QED) is 0.537. The zero-order chi connectivity index (χ0) is 18.5. The van der Waals surface area contributed by atoms with Gasteiger partial charge in [-0.3, -0.25) is 4.79 Å². The fraction of sp³-hybridized carbons (Fsp3) is 0.227. The minimum absolute atomic E-state index is 0.0498. The molecule has 1 amide bonds. The van der Waals surface area contributed by atoms with Crippen LogP contribution in [0.3, 0.4) is 0 Å². The summed E-state index contributed by atoms with van der Waals surface area (Å²) in [4.78, 5) is 14.9. The predicted octanol–water partition coefficient (Wildman–Crippen LogP) is 5.35. The standard InChI is InChI=1S/C22H23BrN2O/c1-17(2)25(22(26)19-10-6-11-20(23)14-19)16-21-12-7-13-24(21)15-18-8-4-3-5-9-18/h3-14,17H,15-16H2,1-2H3. The van der Waals surface area contributed by atoms with Gasteiger partial charge in [0.05, 0.1) is 6.54 Å². The van der Waals surface area contributed by atoms with Crippen LogP contribution in [0.2, 0.25) is 0 Å². The summed E-state index contributed by atoms with van der Waals surface area (Å²) in [6.45, 7) is 5.50. The molecule has 134 valence electrons. The van der Waals surface area contributed by atoms with Gasteiger partial charge in [-0.05, 0) is 49.7 Å². The first-order valence-corrected chi connectivity index (χ1v) is 9.58. The second-order valence-corrected chi connectivity index (χ2v) is 7.57. The third-order valence-electron chi connectivity index (χ3n) is 4.41. The molecular weight excluding hydrogens is 388 g/mol. The molecule has 0 unspecified atom stereocenters. The number of halogens is 1. The molecule has 0 bridgehead atoms. The van der Waals surface area contributed by atoms with Gasteiger partial charge < -0.3 is 9.47 Å². The number of rotatable bonds is 6. The Kier molecular flexibility index (Phi) is 5.94. The molecule has 0 spiro atoms. The molecule has 1 heterocycles. The molecule has 0 fully saturated rings. The van der Waals surface area contributed by atoms with Gasteiger partial charge in [0, 0.05) is 34.5 Å². The number of hydrogen-bond acceptors (Lipinski definition) is 1. The van der Waals surface area contributed by atoms with Gasteiger partial charge in [0.2, 0.25) is 0 Å². The van der Waals surface area contributed by atoms with E-state index in [1.54, 1.807) is 0 Å². The van der Waals surface area contributed by atoms with Gasteiger partial charge in [0.1, 0.15) is 0 Å². The lowest BCUT2D eigenvalue weighted by Gasteiger charge is -2.27. The summed E-state index contributed by atoms with van der Waals surface area (Å²) in [5, 5.41) is 0. The molecular formula is C22H23BrN2O. The molecule has 0 aliphatic carbocycles. The lowest BCUT2D eigenvalue weighted by atomic mass is 10.1. The van der Waals surface area contributed by atoms with E-state index in [9.17, 15) is 4.79 Å². The van der Waals surface area contributed by atoms with Crippen molar-refractivity contribution in [3.8, 4) is 0 Å². The summed E-state index contributed by atoms with van der Waals surface area (Å²) < 4.78 is 3.12. The highest BCUT2D eigenvalue weighted by molar-refractivity contribution is 9.10. The zero-order valence-electron chi connectivity index (χ0n) is 15.1. The molecule has 0 radical (unpaired) electrons. The van der Waals surface area contributed by atoms with Crippen molar-refractivity contribution in [1.29, 1.82) is 0 Å². The summed E-state index contributed by atoms with van der Waals surface area (Å²) in [5.41, 5.74) is 3.08. The van der Waals surface area contributed by atoms with Crippen LogP contribution in [0.5, 0.6) is 0 Å². The Hall–Kier alpha value is -2.33. The van der Waals surface area contributed by atoms with E-state index < -0.39 is 0 Å². The van der Waals surface area contributed by atoms with E-state index >= 15 is 0 Å². The highest BCUT2D eigenvalue weighted by Crippen LogP contribution is 2.18. The second-order valence-electron chi connectivity index (χ2n) is 6.65. The minimum Gasteiger partial charge on any atom is -0.345 e. The van der Waals surface area contributed by atoms with Crippen molar-refractivity contribution in [1.82, 2.24) is 9.47 Å². The van der Waals surface area contributed by atoms with Crippen LogP contribution in [0.1, 0.15) is 35.5 Å². The van der Waals surface area contributed by atoms with Crippen molar-refractivity contribution in [2.75, 3.05) is 0 Å². The van der Waals surface area contributed by atoms with Crippen LogP contribution in [0.4, 0.5) is 0 Å². The average Bonchev–Trinajstić information content (AvgIpc) is 3.06. The summed E-state index contributed by atoms with van der Waals surface area (Å²) in [5.74, 6) is 0.0498. The highest BCUT2D eigenvalue weighted by atomic mass is 79.9. The summed E-state index contributed by atoms with van der Waals surface area (Å²) in [7, 11) is 0. The maximum absolute atomic E-state index is 13.0. The van der Waals surface area contributed by atoms with Crippen LogP contribution < -0.4 is 0 Å². The highest BCUT2D eigenvalue weighted by Gasteiger charge is 2.20. The van der Waals surface area contributed by atoms with Crippen LogP contribution in [0.25, 0.3) is 0 Å². The van der Waals surface area contributed by atoms with Crippen molar-refractivity contribution in [2.45, 2.75) is 33.0 Å². The number of carbonyl (C=O) groups excluding carboxylic acids is 1. The number of carbonyl (C=O) groups is 1. The molecule has 26 heavy (non-hydrogen) atoms. The number of benzene rings is 2. The third kappa shape index (κ3) is 4.44. The van der Waals surface area contributed by atoms with Gasteiger partial charge in [-0.1, -0.05) is 52.3 Å². The summed E-state index contributed by atoms with van der Waals surface area (Å²) in [6.07, 6.45) is 2.07. The molecule has 4 heteroatoms. The van der Waals surface area contributed by atoms with E-state index in [0.717, 1.165) is 16.7 Å². The van der Waals surface area contributed by atoms with Gasteiger partial charge >= 0.3 is 0 Å². The van der Waals surface area contributed by atoms with E-state index in [2.05, 4.69) is 70.9 Å². The number of nitrogens with zero attached hydrogens (tertiary/aromatic N) is 2. The molecule has 0 aliphatic rings. The third-order valence-corrected chi connectivity index (χ3v) is 4.90. The Balaban J connectivity index is 1.81. The summed E-state index contributed by atoms with van der Waals surface area (Å²) >= 11 is 3.45. The molecule has 0 saturated carbocycles. The first kappa shape index (κ1) is 18.5. The van der Waals surface area contributed by atoms with Crippen LogP contribution in [-0.4, -0.2) is 21.4 Å². The monoisotopic (exact) mass is 410 g/mol. The zero-order valence-corrected chi connectivity index (χ0v) is 16.7. The SMILES string of the molecule is CC(C)N(Cc1cccn1Cc1ccccc1)C(=O)c1cccc(Br)c1. The van der Waals surface area contributed by atoms with Crippen molar-refractivity contribution in [2.24, 2.45) is 0 Å². The molecule has 0 N–H and O–H groups in total. The second kappa shape index (κ2) is 8.37. The number of aromatic nitrogens is 1. The molecule has 3 nitrogen and oxygen atoms in total. The van der Waals surface area contributed by atoms with Crippen LogP contribution >= 0.6 is 15.9 Å². The Labute approximate surface area is 163 Å². The first-order valence-electron chi connectivity index (χ1n) is 8.79. The Morgan fingerprint density at radius 1 is 1.04 bits per heavy atom. The van der Waals surface area contributed by atoms with Crippen LogP contribution in [-0.2, 0) is 13.1 Å².